The molecule has 5 heterocycles. The van der Waals surface area contributed by atoms with Gasteiger partial charge in [-0.25, -0.2) is 9.97 Å². The Hall–Kier alpha value is -6.72. The quantitative estimate of drug-likeness (QED) is 0.166. The molecule has 0 spiro atoms. The summed E-state index contributed by atoms with van der Waals surface area (Å²) in [4.78, 5) is 9.33. The second kappa shape index (κ2) is 13.9. The van der Waals surface area contributed by atoms with Gasteiger partial charge in [-0.05, 0) is 125 Å². The predicted octanol–water partition coefficient (Wildman–Crippen LogP) is 14.0. The maximum absolute atomic E-state index is 4.94. The summed E-state index contributed by atoms with van der Waals surface area (Å²) >= 11 is 0. The molecule has 0 fully saturated rings. The van der Waals surface area contributed by atoms with E-state index in [1.807, 2.05) is 6.20 Å². The van der Waals surface area contributed by atoms with Crippen LogP contribution in [-0.2, 0) is 21.7 Å². The van der Waals surface area contributed by atoms with E-state index in [0.717, 1.165) is 11.3 Å². The van der Waals surface area contributed by atoms with Crippen molar-refractivity contribution in [1.82, 2.24) is 19.1 Å². The van der Waals surface area contributed by atoms with Gasteiger partial charge in [-0.1, -0.05) is 168 Å². The molecule has 330 valence electrons. The van der Waals surface area contributed by atoms with Crippen LogP contribution in [0.5, 0.6) is 0 Å². The van der Waals surface area contributed by atoms with Gasteiger partial charge in [0.25, 0.3) is 6.71 Å². The Morgan fingerprint density at radius 2 is 0.881 bits per heavy atom. The van der Waals surface area contributed by atoms with Crippen molar-refractivity contribution < 1.29 is 0 Å². The van der Waals surface area contributed by atoms with Crippen LogP contribution >= 0.6 is 0 Å². The lowest BCUT2D eigenvalue weighted by atomic mass is 9.34. The predicted molar refractivity (Wildman–Crippen MR) is 286 cm³/mol. The molecule has 10 aromatic rings. The highest BCUT2D eigenvalue weighted by atomic mass is 15.0. The molecule has 0 bridgehead atoms. The maximum Gasteiger partial charge on any atom is 0.252 e. The number of hydrogen-bond acceptors (Lipinski definition) is 2. The molecule has 0 atom stereocenters. The molecule has 67 heavy (non-hydrogen) atoms. The van der Waals surface area contributed by atoms with E-state index in [0.29, 0.717) is 0 Å². The first-order chi connectivity index (χ1) is 31.8. The van der Waals surface area contributed by atoms with Crippen molar-refractivity contribution in [1.29, 1.82) is 0 Å². The van der Waals surface area contributed by atoms with Crippen LogP contribution in [0.3, 0.4) is 0 Å². The van der Waals surface area contributed by atoms with E-state index >= 15 is 0 Å². The molecular formula is C62H59BN4. The Bertz CT molecular complexity index is 3470. The molecule has 0 radical (unpaired) electrons. The van der Waals surface area contributed by atoms with E-state index in [2.05, 4.69) is 225 Å². The smallest absolute Gasteiger partial charge is 0.252 e. The number of fused-ring (bicyclic) bond motifs is 10. The van der Waals surface area contributed by atoms with Gasteiger partial charge in [0.1, 0.15) is 6.33 Å². The number of hydrogen-bond donors (Lipinski definition) is 0. The van der Waals surface area contributed by atoms with E-state index < -0.39 is 0 Å². The van der Waals surface area contributed by atoms with Crippen LogP contribution in [0, 0.1) is 0 Å². The van der Waals surface area contributed by atoms with Crippen LogP contribution < -0.4 is 16.4 Å². The first kappa shape index (κ1) is 41.7. The average Bonchev–Trinajstić information content (AvgIpc) is 3.81. The second-order valence-electron chi connectivity index (χ2n) is 23.6. The summed E-state index contributed by atoms with van der Waals surface area (Å²) in [6, 6.07) is 49.2. The summed E-state index contributed by atoms with van der Waals surface area (Å²) in [6.07, 6.45) is 3.56. The lowest BCUT2D eigenvalue weighted by Gasteiger charge is -2.35. The first-order valence-corrected chi connectivity index (χ1v) is 24.2. The van der Waals surface area contributed by atoms with Crippen LogP contribution in [0.4, 0.5) is 0 Å². The third-order valence-electron chi connectivity index (χ3n) is 15.0. The monoisotopic (exact) mass is 870 g/mol. The minimum Gasteiger partial charge on any atom is -0.310 e. The van der Waals surface area contributed by atoms with Gasteiger partial charge < -0.3 is 9.13 Å². The molecule has 3 aromatic heterocycles. The molecule has 0 unspecified atom stereocenters. The highest BCUT2D eigenvalue weighted by molar-refractivity contribution is 7.00. The van der Waals surface area contributed by atoms with Crippen LogP contribution in [0.25, 0.3) is 88.5 Å². The lowest BCUT2D eigenvalue weighted by Crippen LogP contribution is -2.59. The third kappa shape index (κ3) is 6.19. The normalized spacial score (nSPS) is 13.6. The first-order valence-electron chi connectivity index (χ1n) is 24.2. The highest BCUT2D eigenvalue weighted by Gasteiger charge is 2.43. The van der Waals surface area contributed by atoms with Gasteiger partial charge in [0, 0.05) is 55.7 Å². The van der Waals surface area contributed by atoms with Crippen molar-refractivity contribution in [2.45, 2.75) is 105 Å². The van der Waals surface area contributed by atoms with Crippen LogP contribution in [-0.4, -0.2) is 25.8 Å². The Labute approximate surface area is 395 Å². The fraction of sp³-hybridized carbons (Fsp3) is 0.258. The van der Waals surface area contributed by atoms with Crippen LogP contribution in [0.1, 0.15) is 105 Å². The van der Waals surface area contributed by atoms with E-state index in [4.69, 9.17) is 4.98 Å². The topological polar surface area (TPSA) is 35.6 Å². The number of nitrogens with zero attached hydrogens (tertiary/aromatic N) is 4. The second-order valence-corrected chi connectivity index (χ2v) is 23.6. The Balaban J connectivity index is 1.36. The van der Waals surface area contributed by atoms with Gasteiger partial charge in [0.15, 0.2) is 0 Å². The molecule has 0 N–H and O–H groups in total. The molecule has 0 amide bonds. The SMILES string of the molecule is CC(C)(C)c1cc(C(C)(C)C)c2c3cc(-c4ccccc4)cc4c3n(c2c1)-c1cc(-c2ccncn2)cc2c1B4c1cc(-c3ccccc3)cc3c4c(C(C)(C)C)cc(C(C)(C)C)cc4n-2c13. The van der Waals surface area contributed by atoms with E-state index in [9.17, 15) is 0 Å². The molecule has 2 aliphatic heterocycles. The Morgan fingerprint density at radius 3 is 1.27 bits per heavy atom. The van der Waals surface area contributed by atoms with Crippen molar-refractivity contribution in [3.63, 3.8) is 0 Å². The molecule has 0 saturated carbocycles. The largest absolute Gasteiger partial charge is 0.310 e. The summed E-state index contributed by atoms with van der Waals surface area (Å²) in [5.41, 5.74) is 23.6. The van der Waals surface area contributed by atoms with Crippen molar-refractivity contribution in [3.8, 4) is 44.9 Å². The molecule has 12 rings (SSSR count). The number of aromatic nitrogens is 4. The van der Waals surface area contributed by atoms with Crippen molar-refractivity contribution in [3.05, 3.63) is 162 Å². The molecule has 5 heteroatoms. The summed E-state index contributed by atoms with van der Waals surface area (Å²) in [5.74, 6) is 0. The molecule has 0 aliphatic carbocycles. The minimum absolute atomic E-state index is 0.0595. The summed E-state index contributed by atoms with van der Waals surface area (Å²) in [5, 5.41) is 5.30. The van der Waals surface area contributed by atoms with E-state index in [1.165, 1.54) is 116 Å². The van der Waals surface area contributed by atoms with Gasteiger partial charge in [0.05, 0.1) is 16.7 Å². The zero-order valence-electron chi connectivity index (χ0n) is 41.1. The lowest BCUT2D eigenvalue weighted by molar-refractivity contribution is 0.572. The van der Waals surface area contributed by atoms with Gasteiger partial charge in [0.2, 0.25) is 0 Å². The maximum atomic E-state index is 4.94. The number of benzene rings is 7. The van der Waals surface area contributed by atoms with Gasteiger partial charge >= 0.3 is 0 Å². The Kier molecular flexibility index (Phi) is 8.66. The molecule has 4 nitrogen and oxygen atoms in total. The van der Waals surface area contributed by atoms with Crippen LogP contribution in [0.15, 0.2) is 140 Å². The summed E-state index contributed by atoms with van der Waals surface area (Å²) in [7, 11) is 0. The third-order valence-corrected chi connectivity index (χ3v) is 15.0. The standard InChI is InChI=1S/C62H59BN4/c1-59(2,3)41-31-45(61(7,8)9)54-43-25-38(36-19-15-13-16-20-36)27-47-57(43)66(50(54)33-41)52-29-40(49-23-24-64-35-65-49)30-53-56(52)63(47)48-28-39(37-21-17-14-18-22-37)26-44-55-46(62(10,11)12)32-42(60(4,5)6)34-51(55)67(53)58(44)48/h13-35H,1-12H3. The number of rotatable bonds is 3. The van der Waals surface area contributed by atoms with Crippen molar-refractivity contribution in [2.75, 3.05) is 0 Å². The fourth-order valence-corrected chi connectivity index (χ4v) is 11.6. The summed E-state index contributed by atoms with van der Waals surface area (Å²) < 4.78 is 5.32. The highest BCUT2D eigenvalue weighted by Crippen LogP contribution is 2.48. The molecule has 2 aliphatic rings. The molecular weight excluding hydrogens is 812 g/mol. The summed E-state index contributed by atoms with van der Waals surface area (Å²) in [6.45, 7) is 28.4. The fourth-order valence-electron chi connectivity index (χ4n) is 11.6. The minimum atomic E-state index is -0.122. The van der Waals surface area contributed by atoms with Gasteiger partial charge in [-0.3, -0.25) is 0 Å². The van der Waals surface area contributed by atoms with E-state index in [1.54, 1.807) is 6.33 Å². The van der Waals surface area contributed by atoms with Crippen LogP contribution in [0.2, 0.25) is 0 Å². The molecule has 0 saturated heterocycles. The van der Waals surface area contributed by atoms with Crippen molar-refractivity contribution >= 4 is 66.7 Å². The van der Waals surface area contributed by atoms with Crippen molar-refractivity contribution in [2.24, 2.45) is 0 Å². The van der Waals surface area contributed by atoms with E-state index in [-0.39, 0.29) is 28.4 Å². The zero-order chi connectivity index (χ0) is 46.7. The zero-order valence-corrected chi connectivity index (χ0v) is 41.1. The average molecular weight is 871 g/mol. The Morgan fingerprint density at radius 1 is 0.433 bits per heavy atom. The van der Waals surface area contributed by atoms with Gasteiger partial charge in [-0.2, -0.15) is 0 Å². The van der Waals surface area contributed by atoms with Gasteiger partial charge in [-0.15, -0.1) is 0 Å². The molecule has 7 aromatic carbocycles.